The van der Waals surface area contributed by atoms with E-state index in [0.717, 1.165) is 41.0 Å². The SMILES string of the molecule is Cc1c(-c2cc(C(=O)NCCCCC3CC3)nc3c(C#N)cccc23)cnn1C. The lowest BCUT2D eigenvalue weighted by atomic mass is 9.98. The number of nitrogens with zero attached hydrogens (tertiary/aromatic N) is 4. The summed E-state index contributed by atoms with van der Waals surface area (Å²) in [5, 5.41) is 17.7. The molecule has 6 heteroatoms. The lowest BCUT2D eigenvalue weighted by Gasteiger charge is -2.11. The van der Waals surface area contributed by atoms with Crippen LogP contribution < -0.4 is 5.32 Å². The number of nitriles is 1. The van der Waals surface area contributed by atoms with E-state index in [1.165, 1.54) is 19.3 Å². The van der Waals surface area contributed by atoms with Gasteiger partial charge in [0.15, 0.2) is 0 Å². The van der Waals surface area contributed by atoms with Gasteiger partial charge in [0.1, 0.15) is 11.8 Å². The van der Waals surface area contributed by atoms with Crippen LogP contribution in [0.3, 0.4) is 0 Å². The van der Waals surface area contributed by atoms with Crippen LogP contribution in [0.25, 0.3) is 22.0 Å². The number of unbranched alkanes of at least 4 members (excludes halogenated alkanes) is 1. The quantitative estimate of drug-likeness (QED) is 0.618. The van der Waals surface area contributed by atoms with Gasteiger partial charge in [-0.25, -0.2) is 4.98 Å². The summed E-state index contributed by atoms with van der Waals surface area (Å²) in [6, 6.07) is 9.52. The van der Waals surface area contributed by atoms with E-state index in [2.05, 4.69) is 21.5 Å². The number of pyridine rings is 1. The van der Waals surface area contributed by atoms with E-state index in [1.54, 1.807) is 16.9 Å². The van der Waals surface area contributed by atoms with Gasteiger partial charge in [0.2, 0.25) is 0 Å². The van der Waals surface area contributed by atoms with Crippen LogP contribution in [0.4, 0.5) is 0 Å². The van der Waals surface area contributed by atoms with Crippen LogP contribution in [0.1, 0.15) is 53.8 Å². The Morgan fingerprint density at radius 2 is 2.14 bits per heavy atom. The maximum Gasteiger partial charge on any atom is 0.269 e. The first-order chi connectivity index (χ1) is 14.1. The summed E-state index contributed by atoms with van der Waals surface area (Å²) in [5.41, 5.74) is 4.15. The first-order valence-electron chi connectivity index (χ1n) is 10.2. The third-order valence-corrected chi connectivity index (χ3v) is 5.74. The first kappa shape index (κ1) is 19.1. The van der Waals surface area contributed by atoms with Gasteiger partial charge >= 0.3 is 0 Å². The molecule has 1 fully saturated rings. The molecular formula is C23H25N5O. The van der Waals surface area contributed by atoms with Gasteiger partial charge in [0.25, 0.3) is 5.91 Å². The van der Waals surface area contributed by atoms with E-state index >= 15 is 0 Å². The Hall–Kier alpha value is -3.20. The normalized spacial score (nSPS) is 13.4. The second-order valence-corrected chi connectivity index (χ2v) is 7.83. The maximum absolute atomic E-state index is 12.8. The molecule has 0 bridgehead atoms. The third kappa shape index (κ3) is 4.00. The zero-order valence-electron chi connectivity index (χ0n) is 16.9. The highest BCUT2D eigenvalue weighted by atomic mass is 16.1. The van der Waals surface area contributed by atoms with Crippen molar-refractivity contribution in [1.29, 1.82) is 5.26 Å². The average Bonchev–Trinajstić information content (AvgIpc) is 3.50. The Labute approximate surface area is 170 Å². The molecule has 1 saturated carbocycles. The van der Waals surface area contributed by atoms with Crippen molar-refractivity contribution >= 4 is 16.8 Å². The Balaban J connectivity index is 1.65. The van der Waals surface area contributed by atoms with E-state index in [4.69, 9.17) is 0 Å². The molecule has 0 radical (unpaired) electrons. The minimum Gasteiger partial charge on any atom is -0.351 e. The van der Waals surface area contributed by atoms with Gasteiger partial charge in [0.05, 0.1) is 17.3 Å². The molecule has 148 valence electrons. The van der Waals surface area contributed by atoms with Crippen LogP contribution in [0.5, 0.6) is 0 Å². The fourth-order valence-electron chi connectivity index (χ4n) is 3.70. The summed E-state index contributed by atoms with van der Waals surface area (Å²) in [4.78, 5) is 17.3. The molecule has 0 aliphatic heterocycles. The van der Waals surface area contributed by atoms with Crippen molar-refractivity contribution in [2.24, 2.45) is 13.0 Å². The van der Waals surface area contributed by atoms with Gasteiger partial charge in [-0.1, -0.05) is 37.8 Å². The van der Waals surface area contributed by atoms with Crippen molar-refractivity contribution in [3.05, 3.63) is 47.4 Å². The monoisotopic (exact) mass is 387 g/mol. The molecule has 0 atom stereocenters. The number of carbonyl (C=O) groups excluding carboxylic acids is 1. The largest absolute Gasteiger partial charge is 0.351 e. The molecule has 6 nitrogen and oxygen atoms in total. The molecule has 2 heterocycles. The highest BCUT2D eigenvalue weighted by Crippen LogP contribution is 2.34. The van der Waals surface area contributed by atoms with Crippen molar-refractivity contribution in [3.8, 4) is 17.2 Å². The van der Waals surface area contributed by atoms with Crippen LogP contribution >= 0.6 is 0 Å². The molecule has 0 unspecified atom stereocenters. The summed E-state index contributed by atoms with van der Waals surface area (Å²) in [5.74, 6) is 0.719. The molecule has 1 amide bonds. The Morgan fingerprint density at radius 3 is 2.83 bits per heavy atom. The molecule has 3 aromatic rings. The number of benzene rings is 1. The number of rotatable bonds is 7. The first-order valence-corrected chi connectivity index (χ1v) is 10.2. The molecule has 29 heavy (non-hydrogen) atoms. The molecule has 0 spiro atoms. The molecule has 1 N–H and O–H groups in total. The number of hydrogen-bond donors (Lipinski definition) is 1. The summed E-state index contributed by atoms with van der Waals surface area (Å²) in [6.07, 6.45) is 7.92. The van der Waals surface area contributed by atoms with Gasteiger partial charge in [-0.05, 0) is 37.0 Å². The van der Waals surface area contributed by atoms with E-state index in [1.807, 2.05) is 32.2 Å². The number of nitrogens with one attached hydrogen (secondary N) is 1. The second-order valence-electron chi connectivity index (χ2n) is 7.83. The fourth-order valence-corrected chi connectivity index (χ4v) is 3.70. The van der Waals surface area contributed by atoms with E-state index in [9.17, 15) is 10.1 Å². The number of fused-ring (bicyclic) bond motifs is 1. The second kappa shape index (κ2) is 8.04. The van der Waals surface area contributed by atoms with Crippen LogP contribution in [-0.2, 0) is 7.05 Å². The van der Waals surface area contributed by atoms with Crippen LogP contribution in [0, 0.1) is 24.2 Å². The lowest BCUT2D eigenvalue weighted by Crippen LogP contribution is -2.25. The van der Waals surface area contributed by atoms with Crippen molar-refractivity contribution in [1.82, 2.24) is 20.1 Å². The number of para-hydroxylation sites is 1. The van der Waals surface area contributed by atoms with Crippen LogP contribution in [-0.4, -0.2) is 27.2 Å². The summed E-state index contributed by atoms with van der Waals surface area (Å²) >= 11 is 0. The van der Waals surface area contributed by atoms with Crippen molar-refractivity contribution in [3.63, 3.8) is 0 Å². The summed E-state index contributed by atoms with van der Waals surface area (Å²) < 4.78 is 1.80. The minimum absolute atomic E-state index is 0.200. The van der Waals surface area contributed by atoms with Crippen molar-refractivity contribution < 1.29 is 4.79 Å². The Kier molecular flexibility index (Phi) is 5.30. The van der Waals surface area contributed by atoms with Crippen molar-refractivity contribution in [2.75, 3.05) is 6.54 Å². The maximum atomic E-state index is 12.8. The molecule has 1 aliphatic carbocycles. The molecule has 4 rings (SSSR count). The summed E-state index contributed by atoms with van der Waals surface area (Å²) in [7, 11) is 1.89. The van der Waals surface area contributed by atoms with E-state index in [0.29, 0.717) is 23.3 Å². The van der Waals surface area contributed by atoms with Gasteiger partial charge < -0.3 is 5.32 Å². The highest BCUT2D eigenvalue weighted by molar-refractivity contribution is 6.03. The van der Waals surface area contributed by atoms with Gasteiger partial charge in [-0.2, -0.15) is 10.4 Å². The predicted octanol–water partition coefficient (Wildman–Crippen LogP) is 4.13. The summed E-state index contributed by atoms with van der Waals surface area (Å²) in [6.45, 7) is 2.63. The number of hydrogen-bond acceptors (Lipinski definition) is 4. The number of aryl methyl sites for hydroxylation is 1. The number of aromatic nitrogens is 3. The van der Waals surface area contributed by atoms with Crippen LogP contribution in [0.2, 0.25) is 0 Å². The van der Waals surface area contributed by atoms with Gasteiger partial charge in [0, 0.05) is 30.2 Å². The standard InChI is InChI=1S/C23H25N5O/c1-15-20(14-26-28(15)2)19-12-21(23(29)25-11-4-3-6-16-9-10-16)27-22-17(13-24)7-5-8-18(19)22/h5,7-8,12,14,16H,3-4,6,9-11H2,1-2H3,(H,25,29). The van der Waals surface area contributed by atoms with E-state index < -0.39 is 0 Å². The topological polar surface area (TPSA) is 83.6 Å². The Bertz CT molecular complexity index is 1100. The molecular weight excluding hydrogens is 362 g/mol. The van der Waals surface area contributed by atoms with Gasteiger partial charge in [-0.3, -0.25) is 9.48 Å². The smallest absolute Gasteiger partial charge is 0.269 e. The molecule has 1 aliphatic rings. The zero-order chi connectivity index (χ0) is 20.4. The highest BCUT2D eigenvalue weighted by Gasteiger charge is 2.20. The fraction of sp³-hybridized carbons (Fsp3) is 0.391. The van der Waals surface area contributed by atoms with Crippen LogP contribution in [0.15, 0.2) is 30.5 Å². The number of carbonyl (C=O) groups is 1. The lowest BCUT2D eigenvalue weighted by molar-refractivity contribution is 0.0948. The Morgan fingerprint density at radius 1 is 1.31 bits per heavy atom. The van der Waals surface area contributed by atoms with Gasteiger partial charge in [-0.15, -0.1) is 0 Å². The zero-order valence-corrected chi connectivity index (χ0v) is 16.9. The number of amides is 1. The molecule has 2 aromatic heterocycles. The average molecular weight is 387 g/mol. The molecule has 1 aromatic carbocycles. The predicted molar refractivity (Wildman–Crippen MR) is 112 cm³/mol. The third-order valence-electron chi connectivity index (χ3n) is 5.74. The molecule has 0 saturated heterocycles. The minimum atomic E-state index is -0.200. The van der Waals surface area contributed by atoms with E-state index in [-0.39, 0.29) is 5.91 Å². The van der Waals surface area contributed by atoms with Crippen molar-refractivity contribution in [2.45, 2.75) is 39.0 Å².